The van der Waals surface area contributed by atoms with Gasteiger partial charge in [0, 0.05) is 25.3 Å². The van der Waals surface area contributed by atoms with Crippen molar-refractivity contribution in [1.29, 1.82) is 5.26 Å². The van der Waals surface area contributed by atoms with Crippen LogP contribution in [-0.4, -0.2) is 24.9 Å². The predicted octanol–water partition coefficient (Wildman–Crippen LogP) is 4.69. The molecule has 5 nitrogen and oxygen atoms in total. The fourth-order valence-corrected chi connectivity index (χ4v) is 2.37. The molecule has 0 aromatic heterocycles. The standard InChI is InChI=1S/C18H15Cl2N3O2/c1-23(2)11-12(10-21)18(24)22-15-5-3-4-6-17(15)25-16-8-7-13(19)9-14(16)20/h3-9,11H,1-2H3,(H,22,24). The molecule has 0 atom stereocenters. The molecule has 0 saturated heterocycles. The number of anilines is 1. The normalized spacial score (nSPS) is 10.8. The van der Waals surface area contributed by atoms with Gasteiger partial charge in [-0.25, -0.2) is 0 Å². The smallest absolute Gasteiger partial charge is 0.267 e. The van der Waals surface area contributed by atoms with Crippen molar-refractivity contribution in [3.63, 3.8) is 0 Å². The van der Waals surface area contributed by atoms with E-state index in [9.17, 15) is 4.79 Å². The van der Waals surface area contributed by atoms with Crippen LogP contribution in [0.1, 0.15) is 0 Å². The highest BCUT2D eigenvalue weighted by molar-refractivity contribution is 6.35. The average molecular weight is 376 g/mol. The van der Waals surface area contributed by atoms with Crippen LogP contribution < -0.4 is 10.1 Å². The van der Waals surface area contributed by atoms with Crippen LogP contribution in [0.15, 0.2) is 54.2 Å². The van der Waals surface area contributed by atoms with Gasteiger partial charge >= 0.3 is 0 Å². The first kappa shape index (κ1) is 18.7. The van der Waals surface area contributed by atoms with Crippen molar-refractivity contribution in [2.75, 3.05) is 19.4 Å². The van der Waals surface area contributed by atoms with Gasteiger partial charge in [0.1, 0.15) is 17.4 Å². The summed E-state index contributed by atoms with van der Waals surface area (Å²) in [6.45, 7) is 0. The number of para-hydroxylation sites is 2. The molecule has 2 aromatic carbocycles. The number of carbonyl (C=O) groups is 1. The number of carbonyl (C=O) groups excluding carboxylic acids is 1. The Kier molecular flexibility index (Phi) is 6.29. The van der Waals surface area contributed by atoms with E-state index < -0.39 is 5.91 Å². The number of benzene rings is 2. The third kappa shape index (κ3) is 5.15. The molecule has 0 spiro atoms. The SMILES string of the molecule is CN(C)C=C(C#N)C(=O)Nc1ccccc1Oc1ccc(Cl)cc1Cl. The van der Waals surface area contributed by atoms with E-state index in [1.165, 1.54) is 6.20 Å². The maximum Gasteiger partial charge on any atom is 0.267 e. The number of nitrogens with zero attached hydrogens (tertiary/aromatic N) is 2. The zero-order valence-corrected chi connectivity index (χ0v) is 15.1. The predicted molar refractivity (Wildman–Crippen MR) is 99.0 cm³/mol. The number of halogens is 2. The zero-order valence-electron chi connectivity index (χ0n) is 13.6. The Morgan fingerprint density at radius 1 is 1.20 bits per heavy atom. The number of rotatable bonds is 5. The minimum Gasteiger partial charge on any atom is -0.454 e. The molecule has 128 valence electrons. The van der Waals surface area contributed by atoms with Gasteiger partial charge in [0.15, 0.2) is 5.75 Å². The lowest BCUT2D eigenvalue weighted by atomic mass is 10.2. The quantitative estimate of drug-likeness (QED) is 0.607. The molecule has 25 heavy (non-hydrogen) atoms. The molecule has 1 amide bonds. The number of nitrogens with one attached hydrogen (secondary N) is 1. The highest BCUT2D eigenvalue weighted by Gasteiger charge is 2.14. The van der Waals surface area contributed by atoms with Crippen molar-refractivity contribution < 1.29 is 9.53 Å². The second kappa shape index (κ2) is 8.43. The Labute approximate surface area is 156 Å². The maximum atomic E-state index is 12.3. The van der Waals surface area contributed by atoms with E-state index in [-0.39, 0.29) is 5.57 Å². The minimum absolute atomic E-state index is 0.0238. The Morgan fingerprint density at radius 3 is 2.56 bits per heavy atom. The second-order valence-corrected chi connectivity index (χ2v) is 6.09. The highest BCUT2D eigenvalue weighted by Crippen LogP contribution is 2.35. The van der Waals surface area contributed by atoms with Crippen LogP contribution in [0.2, 0.25) is 10.0 Å². The van der Waals surface area contributed by atoms with E-state index in [4.69, 9.17) is 33.2 Å². The van der Waals surface area contributed by atoms with Crippen LogP contribution in [0.5, 0.6) is 11.5 Å². The average Bonchev–Trinajstić information content (AvgIpc) is 2.56. The van der Waals surface area contributed by atoms with Gasteiger partial charge in [-0.3, -0.25) is 4.79 Å². The summed E-state index contributed by atoms with van der Waals surface area (Å²) in [4.78, 5) is 13.9. The first-order valence-corrected chi connectivity index (χ1v) is 7.98. The summed E-state index contributed by atoms with van der Waals surface area (Å²) >= 11 is 12.0. The fraction of sp³-hybridized carbons (Fsp3) is 0.111. The molecule has 0 saturated carbocycles. The monoisotopic (exact) mass is 375 g/mol. The zero-order chi connectivity index (χ0) is 18.4. The molecule has 0 aliphatic heterocycles. The van der Waals surface area contributed by atoms with Crippen molar-refractivity contribution in [1.82, 2.24) is 4.90 Å². The first-order chi connectivity index (χ1) is 11.9. The number of hydrogen-bond donors (Lipinski definition) is 1. The Balaban J connectivity index is 2.26. The lowest BCUT2D eigenvalue weighted by Crippen LogP contribution is -2.16. The van der Waals surface area contributed by atoms with Crippen LogP contribution in [-0.2, 0) is 4.79 Å². The van der Waals surface area contributed by atoms with E-state index >= 15 is 0 Å². The van der Waals surface area contributed by atoms with Crippen LogP contribution in [0.25, 0.3) is 0 Å². The lowest BCUT2D eigenvalue weighted by Gasteiger charge is -2.13. The molecule has 0 aliphatic rings. The van der Waals surface area contributed by atoms with Crippen LogP contribution in [0.4, 0.5) is 5.69 Å². The number of ether oxygens (including phenoxy) is 1. The van der Waals surface area contributed by atoms with Gasteiger partial charge in [-0.15, -0.1) is 0 Å². The molecule has 0 aliphatic carbocycles. The van der Waals surface area contributed by atoms with Gasteiger partial charge in [-0.05, 0) is 30.3 Å². The summed E-state index contributed by atoms with van der Waals surface area (Å²) in [6.07, 6.45) is 1.44. The molecule has 0 unspecified atom stereocenters. The van der Waals surface area contributed by atoms with E-state index in [1.807, 2.05) is 6.07 Å². The molecule has 0 bridgehead atoms. The second-order valence-electron chi connectivity index (χ2n) is 5.25. The minimum atomic E-state index is -0.533. The molecule has 0 heterocycles. The van der Waals surface area contributed by atoms with Crippen LogP contribution in [0, 0.1) is 11.3 Å². The van der Waals surface area contributed by atoms with Crippen LogP contribution >= 0.6 is 23.2 Å². The summed E-state index contributed by atoms with van der Waals surface area (Å²) in [6, 6.07) is 13.6. The van der Waals surface area contributed by atoms with Crippen molar-refractivity contribution in [3.8, 4) is 17.6 Å². The van der Waals surface area contributed by atoms with Gasteiger partial charge in [-0.2, -0.15) is 5.26 Å². The van der Waals surface area contributed by atoms with E-state index in [0.717, 1.165) is 0 Å². The molecule has 7 heteroatoms. The van der Waals surface area contributed by atoms with Crippen molar-refractivity contribution in [3.05, 3.63) is 64.3 Å². The Bertz CT molecular complexity index is 858. The largest absolute Gasteiger partial charge is 0.454 e. The maximum absolute atomic E-state index is 12.3. The topological polar surface area (TPSA) is 65.4 Å². The van der Waals surface area contributed by atoms with Gasteiger partial charge < -0.3 is 15.0 Å². The van der Waals surface area contributed by atoms with Gasteiger partial charge in [0.05, 0.1) is 10.7 Å². The number of hydrogen-bond acceptors (Lipinski definition) is 4. The summed E-state index contributed by atoms with van der Waals surface area (Å²) < 4.78 is 5.77. The van der Waals surface area contributed by atoms with Gasteiger partial charge in [-0.1, -0.05) is 35.3 Å². The molecular weight excluding hydrogens is 361 g/mol. The lowest BCUT2D eigenvalue weighted by molar-refractivity contribution is -0.112. The molecular formula is C18H15Cl2N3O2. The highest BCUT2D eigenvalue weighted by atomic mass is 35.5. The molecule has 0 radical (unpaired) electrons. The van der Waals surface area contributed by atoms with Crippen LogP contribution in [0.3, 0.4) is 0 Å². The first-order valence-electron chi connectivity index (χ1n) is 7.22. The third-order valence-electron chi connectivity index (χ3n) is 3.00. The summed E-state index contributed by atoms with van der Waals surface area (Å²) in [5, 5.41) is 12.6. The van der Waals surface area contributed by atoms with E-state index in [2.05, 4.69) is 5.32 Å². The Morgan fingerprint density at radius 2 is 1.92 bits per heavy atom. The van der Waals surface area contributed by atoms with Crippen molar-refractivity contribution in [2.45, 2.75) is 0 Å². The van der Waals surface area contributed by atoms with Gasteiger partial charge in [0.25, 0.3) is 5.91 Å². The number of amides is 1. The van der Waals surface area contributed by atoms with Gasteiger partial charge in [0.2, 0.25) is 0 Å². The summed E-state index contributed by atoms with van der Waals surface area (Å²) in [5.74, 6) is 0.258. The molecule has 0 fully saturated rings. The van der Waals surface area contributed by atoms with Crippen molar-refractivity contribution in [2.24, 2.45) is 0 Å². The molecule has 2 aromatic rings. The van der Waals surface area contributed by atoms with E-state index in [0.29, 0.717) is 27.2 Å². The summed E-state index contributed by atoms with van der Waals surface area (Å²) in [5.41, 5.74) is 0.391. The molecule has 1 N–H and O–H groups in total. The van der Waals surface area contributed by atoms with Crippen molar-refractivity contribution >= 4 is 34.8 Å². The number of nitriles is 1. The summed E-state index contributed by atoms with van der Waals surface area (Å²) in [7, 11) is 3.45. The van der Waals surface area contributed by atoms with E-state index in [1.54, 1.807) is 61.5 Å². The molecule has 2 rings (SSSR count). The third-order valence-corrected chi connectivity index (χ3v) is 3.53. The Hall–Kier alpha value is -2.68. The fourth-order valence-electron chi connectivity index (χ4n) is 1.92.